The summed E-state index contributed by atoms with van der Waals surface area (Å²) in [5, 5.41) is 0. The van der Waals surface area contributed by atoms with Crippen LogP contribution in [-0.4, -0.2) is 0 Å². The molecule has 84 valence electrons. The Hall–Kier alpha value is -0.520. The zero-order chi connectivity index (χ0) is 11.1. The van der Waals surface area contributed by atoms with Gasteiger partial charge in [-0.3, -0.25) is 0 Å². The quantitative estimate of drug-likeness (QED) is 0.602. The van der Waals surface area contributed by atoms with Crippen molar-refractivity contribution >= 4 is 0 Å². The van der Waals surface area contributed by atoms with Gasteiger partial charge in [0.15, 0.2) is 0 Å². The Labute approximate surface area is 94.5 Å². The molecule has 0 radical (unpaired) electrons. The lowest BCUT2D eigenvalue weighted by molar-refractivity contribution is 0.227. The van der Waals surface area contributed by atoms with Crippen molar-refractivity contribution in [3.8, 4) is 0 Å². The summed E-state index contributed by atoms with van der Waals surface area (Å²) >= 11 is 0. The Kier molecular flexibility index (Phi) is 2.79. The molecule has 2 rings (SSSR count). The maximum Gasteiger partial charge on any atom is -0.00585 e. The molecule has 0 spiro atoms. The van der Waals surface area contributed by atoms with Crippen molar-refractivity contribution in [2.45, 2.75) is 59.8 Å². The second-order valence-corrected chi connectivity index (χ2v) is 5.55. The summed E-state index contributed by atoms with van der Waals surface area (Å²) in [6, 6.07) is 0. The van der Waals surface area contributed by atoms with Crippen LogP contribution in [0.15, 0.2) is 22.8 Å². The molecule has 0 aromatic carbocycles. The zero-order valence-corrected chi connectivity index (χ0v) is 10.7. The molecule has 15 heavy (non-hydrogen) atoms. The number of allylic oxidation sites excluding steroid dienone is 4. The molecule has 1 unspecified atom stereocenters. The van der Waals surface area contributed by atoms with Gasteiger partial charge in [0.2, 0.25) is 0 Å². The van der Waals surface area contributed by atoms with E-state index in [9.17, 15) is 0 Å². The lowest BCUT2D eigenvalue weighted by atomic mass is 9.68. The van der Waals surface area contributed by atoms with E-state index < -0.39 is 0 Å². The average molecular weight is 204 g/mol. The highest BCUT2D eigenvalue weighted by atomic mass is 14.5. The van der Waals surface area contributed by atoms with Crippen LogP contribution in [0.5, 0.6) is 0 Å². The molecule has 0 aromatic rings. The first kappa shape index (κ1) is 11.0. The Bertz CT molecular complexity index is 317. The van der Waals surface area contributed by atoms with Crippen molar-refractivity contribution in [3.05, 3.63) is 22.8 Å². The molecule has 0 heteroatoms. The highest BCUT2D eigenvalue weighted by molar-refractivity contribution is 5.44. The smallest absolute Gasteiger partial charge is 0.00585 e. The van der Waals surface area contributed by atoms with E-state index in [1.54, 1.807) is 11.1 Å². The summed E-state index contributed by atoms with van der Waals surface area (Å²) in [5.74, 6) is 0.806. The second kappa shape index (κ2) is 3.81. The lowest BCUT2D eigenvalue weighted by Gasteiger charge is -2.37. The summed E-state index contributed by atoms with van der Waals surface area (Å²) in [7, 11) is 0. The molecule has 0 nitrogen and oxygen atoms in total. The monoisotopic (exact) mass is 204 g/mol. The van der Waals surface area contributed by atoms with E-state index in [4.69, 9.17) is 0 Å². The molecule has 0 saturated heterocycles. The van der Waals surface area contributed by atoms with Crippen molar-refractivity contribution in [2.24, 2.45) is 11.3 Å². The van der Waals surface area contributed by atoms with Gasteiger partial charge in [-0.25, -0.2) is 0 Å². The number of hydrogen-bond acceptors (Lipinski definition) is 0. The highest BCUT2D eigenvalue weighted by Crippen LogP contribution is 2.54. The molecule has 1 atom stereocenters. The number of hydrogen-bond donors (Lipinski definition) is 0. The largest absolute Gasteiger partial charge is 0.0810 e. The average Bonchev–Trinajstić information content (AvgIpc) is 2.59. The third kappa shape index (κ3) is 1.49. The minimum Gasteiger partial charge on any atom is -0.0810 e. The van der Waals surface area contributed by atoms with Gasteiger partial charge in [0.05, 0.1) is 0 Å². The first-order chi connectivity index (χ1) is 7.12. The first-order valence-electron chi connectivity index (χ1n) is 6.51. The van der Waals surface area contributed by atoms with Crippen molar-refractivity contribution in [2.75, 3.05) is 0 Å². The fraction of sp³-hybridized carbons (Fsp3) is 0.733. The Balaban J connectivity index is 2.42. The molecule has 0 aliphatic heterocycles. The van der Waals surface area contributed by atoms with E-state index in [1.807, 2.05) is 5.57 Å². The van der Waals surface area contributed by atoms with E-state index in [1.165, 1.54) is 32.1 Å². The molecule has 0 heterocycles. The number of rotatable bonds is 2. The summed E-state index contributed by atoms with van der Waals surface area (Å²) < 4.78 is 0. The van der Waals surface area contributed by atoms with Crippen LogP contribution in [0.2, 0.25) is 0 Å². The van der Waals surface area contributed by atoms with Crippen LogP contribution in [0.1, 0.15) is 59.8 Å². The predicted molar refractivity (Wildman–Crippen MR) is 66.8 cm³/mol. The van der Waals surface area contributed by atoms with Crippen LogP contribution in [0.25, 0.3) is 0 Å². The van der Waals surface area contributed by atoms with Crippen molar-refractivity contribution < 1.29 is 0 Å². The van der Waals surface area contributed by atoms with Gasteiger partial charge in [0, 0.05) is 0 Å². The topological polar surface area (TPSA) is 0 Å². The third-order valence-electron chi connectivity index (χ3n) is 4.84. The van der Waals surface area contributed by atoms with Gasteiger partial charge < -0.3 is 0 Å². The van der Waals surface area contributed by atoms with Gasteiger partial charge in [0.25, 0.3) is 0 Å². The van der Waals surface area contributed by atoms with Gasteiger partial charge in [-0.2, -0.15) is 0 Å². The maximum atomic E-state index is 2.44. The Morgan fingerprint density at radius 2 is 2.07 bits per heavy atom. The zero-order valence-electron chi connectivity index (χ0n) is 10.7. The fourth-order valence-corrected chi connectivity index (χ4v) is 3.78. The minimum atomic E-state index is 0.546. The van der Waals surface area contributed by atoms with E-state index in [2.05, 4.69) is 33.8 Å². The van der Waals surface area contributed by atoms with Gasteiger partial charge >= 0.3 is 0 Å². The van der Waals surface area contributed by atoms with Crippen molar-refractivity contribution in [1.29, 1.82) is 0 Å². The molecular weight excluding hydrogens is 180 g/mol. The molecule has 2 aliphatic rings. The molecule has 0 bridgehead atoms. The fourth-order valence-electron chi connectivity index (χ4n) is 3.78. The Morgan fingerprint density at radius 1 is 1.33 bits per heavy atom. The summed E-state index contributed by atoms with van der Waals surface area (Å²) in [5.41, 5.74) is 5.66. The van der Waals surface area contributed by atoms with Crippen LogP contribution in [0.4, 0.5) is 0 Å². The van der Waals surface area contributed by atoms with E-state index in [0.717, 1.165) is 5.92 Å². The molecule has 0 saturated carbocycles. The summed E-state index contributed by atoms with van der Waals surface area (Å²) in [4.78, 5) is 0. The SMILES string of the molecule is CCC1(C(C)C)CCC2=C1CCC=C2C. The molecule has 0 amide bonds. The highest BCUT2D eigenvalue weighted by Gasteiger charge is 2.41. The second-order valence-electron chi connectivity index (χ2n) is 5.55. The van der Waals surface area contributed by atoms with Crippen LogP contribution in [-0.2, 0) is 0 Å². The molecule has 0 aromatic heterocycles. The maximum absolute atomic E-state index is 2.44. The van der Waals surface area contributed by atoms with Crippen LogP contribution in [0, 0.1) is 11.3 Å². The van der Waals surface area contributed by atoms with Gasteiger partial charge in [-0.15, -0.1) is 0 Å². The van der Waals surface area contributed by atoms with Gasteiger partial charge in [0.1, 0.15) is 0 Å². The van der Waals surface area contributed by atoms with Gasteiger partial charge in [-0.1, -0.05) is 38.0 Å². The van der Waals surface area contributed by atoms with Crippen molar-refractivity contribution in [1.82, 2.24) is 0 Å². The predicted octanol–water partition coefficient (Wildman–Crippen LogP) is 4.87. The van der Waals surface area contributed by atoms with Gasteiger partial charge in [-0.05, 0) is 55.9 Å². The van der Waals surface area contributed by atoms with Crippen LogP contribution < -0.4 is 0 Å². The van der Waals surface area contributed by atoms with E-state index >= 15 is 0 Å². The molecule has 2 aliphatic carbocycles. The minimum absolute atomic E-state index is 0.546. The molecule has 0 fully saturated rings. The normalized spacial score (nSPS) is 30.9. The van der Waals surface area contributed by atoms with E-state index in [0.29, 0.717) is 5.41 Å². The lowest BCUT2D eigenvalue weighted by Crippen LogP contribution is -2.26. The summed E-state index contributed by atoms with van der Waals surface area (Å²) in [6.07, 6.45) is 9.11. The third-order valence-corrected chi connectivity index (χ3v) is 4.84. The Morgan fingerprint density at radius 3 is 2.67 bits per heavy atom. The van der Waals surface area contributed by atoms with Crippen molar-refractivity contribution in [3.63, 3.8) is 0 Å². The summed E-state index contributed by atoms with van der Waals surface area (Å²) in [6.45, 7) is 9.50. The molecule has 0 N–H and O–H groups in total. The van der Waals surface area contributed by atoms with E-state index in [-0.39, 0.29) is 0 Å². The van der Waals surface area contributed by atoms with Crippen LogP contribution in [0.3, 0.4) is 0 Å². The standard InChI is InChI=1S/C15H24/c1-5-15(11(2)3)10-9-13-12(4)7-6-8-14(13)15/h7,11H,5-6,8-10H2,1-4H3. The first-order valence-corrected chi connectivity index (χ1v) is 6.51. The molecular formula is C15H24. The van der Waals surface area contributed by atoms with Crippen LogP contribution >= 0.6 is 0 Å².